The highest BCUT2D eigenvalue weighted by Gasteiger charge is 2.24. The fourth-order valence-corrected chi connectivity index (χ4v) is 6.16. The monoisotopic (exact) mass is 644 g/mol. The van der Waals surface area contributed by atoms with Crippen molar-refractivity contribution >= 4 is 66.4 Å². The number of hydrogen-bond acceptors (Lipinski definition) is 10. The van der Waals surface area contributed by atoms with E-state index in [0.717, 1.165) is 6.92 Å². The van der Waals surface area contributed by atoms with Crippen LogP contribution in [0.25, 0.3) is 0 Å². The summed E-state index contributed by atoms with van der Waals surface area (Å²) < 4.78 is 71.3. The van der Waals surface area contributed by atoms with Crippen molar-refractivity contribution in [1.82, 2.24) is 0 Å². The van der Waals surface area contributed by atoms with Crippen LogP contribution in [-0.2, 0) is 38.7 Å². The standard InChI is InChI=1S/C24H27Cl3O10S2/c1-4-38(30,31)14-18(37-16(3)29)13-35-24-8-6-20(10-22(24)27)39(32,33)19-5-7-23(21(26)9-19)34-12-17(11-25)36-15(2)28/h5-10,17-18H,4,11-14H2,1-3H3/t17-,18+/m0/s1. The van der Waals surface area contributed by atoms with E-state index in [1.165, 1.54) is 50.2 Å². The molecule has 39 heavy (non-hydrogen) atoms. The minimum atomic E-state index is -4.06. The smallest absolute Gasteiger partial charge is 0.303 e. The maximum absolute atomic E-state index is 13.2. The lowest BCUT2D eigenvalue weighted by Gasteiger charge is -2.18. The average Bonchev–Trinajstić information content (AvgIpc) is 2.85. The molecule has 0 N–H and O–H groups in total. The number of alkyl halides is 1. The predicted octanol–water partition coefficient (Wildman–Crippen LogP) is 4.12. The van der Waals surface area contributed by atoms with Crippen LogP contribution in [0.4, 0.5) is 0 Å². The molecule has 0 unspecified atom stereocenters. The molecule has 0 aliphatic heterocycles. The molecule has 0 bridgehead atoms. The van der Waals surface area contributed by atoms with E-state index in [9.17, 15) is 26.4 Å². The first-order chi connectivity index (χ1) is 18.2. The lowest BCUT2D eigenvalue weighted by molar-refractivity contribution is -0.147. The summed E-state index contributed by atoms with van der Waals surface area (Å²) in [5.41, 5.74) is 0. The molecular weight excluding hydrogens is 619 g/mol. The van der Waals surface area contributed by atoms with E-state index in [0.29, 0.717) is 0 Å². The number of hydrogen-bond donors (Lipinski definition) is 0. The van der Waals surface area contributed by atoms with E-state index in [1.54, 1.807) is 0 Å². The molecule has 0 saturated heterocycles. The van der Waals surface area contributed by atoms with Crippen LogP contribution in [0.1, 0.15) is 20.8 Å². The molecule has 0 fully saturated rings. The van der Waals surface area contributed by atoms with Crippen molar-refractivity contribution in [1.29, 1.82) is 0 Å². The van der Waals surface area contributed by atoms with Crippen molar-refractivity contribution in [2.75, 3.05) is 30.6 Å². The lowest BCUT2D eigenvalue weighted by atomic mass is 10.3. The summed E-state index contributed by atoms with van der Waals surface area (Å²) in [6.45, 7) is 3.44. The molecule has 0 saturated carbocycles. The molecule has 0 aliphatic rings. The van der Waals surface area contributed by atoms with E-state index >= 15 is 0 Å². The molecule has 0 spiro atoms. The Kier molecular flexibility index (Phi) is 12.2. The lowest BCUT2D eigenvalue weighted by Crippen LogP contribution is -2.32. The second-order valence-corrected chi connectivity index (χ2v) is 13.6. The summed E-state index contributed by atoms with van der Waals surface area (Å²) in [6, 6.07) is 7.56. The molecule has 0 aromatic heterocycles. The Morgan fingerprint density at radius 2 is 1.23 bits per heavy atom. The molecule has 0 radical (unpaired) electrons. The van der Waals surface area contributed by atoms with Crippen LogP contribution in [0.2, 0.25) is 10.0 Å². The van der Waals surface area contributed by atoms with Crippen molar-refractivity contribution in [2.45, 2.75) is 42.8 Å². The number of carbonyl (C=O) groups excluding carboxylic acids is 2. The number of esters is 2. The number of benzene rings is 2. The normalized spacial score (nSPS) is 13.3. The SMILES string of the molecule is CCS(=O)(=O)C[C@@H](COc1ccc(S(=O)(=O)c2ccc(OC[C@H](CCl)OC(C)=O)c(Cl)c2)cc1Cl)OC(C)=O. The molecule has 15 heteroatoms. The van der Waals surface area contributed by atoms with Gasteiger partial charge < -0.3 is 18.9 Å². The molecule has 10 nitrogen and oxygen atoms in total. The van der Waals surface area contributed by atoms with Crippen molar-refractivity contribution in [2.24, 2.45) is 0 Å². The molecule has 2 rings (SSSR count). The van der Waals surface area contributed by atoms with Crippen molar-refractivity contribution in [3.8, 4) is 11.5 Å². The van der Waals surface area contributed by atoms with Gasteiger partial charge in [0, 0.05) is 19.6 Å². The van der Waals surface area contributed by atoms with Crippen molar-refractivity contribution in [3.05, 3.63) is 46.4 Å². The van der Waals surface area contributed by atoms with Crippen molar-refractivity contribution in [3.63, 3.8) is 0 Å². The van der Waals surface area contributed by atoms with E-state index in [1.807, 2.05) is 0 Å². The summed E-state index contributed by atoms with van der Waals surface area (Å²) >= 11 is 18.2. The van der Waals surface area contributed by atoms with Crippen LogP contribution >= 0.6 is 34.8 Å². The summed E-state index contributed by atoms with van der Waals surface area (Å²) in [5.74, 6) is -1.58. The Morgan fingerprint density at radius 1 is 0.795 bits per heavy atom. The molecule has 0 amide bonds. The third kappa shape index (κ3) is 10.0. The highest BCUT2D eigenvalue weighted by Crippen LogP contribution is 2.33. The van der Waals surface area contributed by atoms with Gasteiger partial charge in [-0.15, -0.1) is 11.6 Å². The van der Waals surface area contributed by atoms with E-state index in [4.69, 9.17) is 53.8 Å². The minimum absolute atomic E-state index is 0.00295. The molecule has 2 aromatic carbocycles. The fraction of sp³-hybridized carbons (Fsp3) is 0.417. The predicted molar refractivity (Wildman–Crippen MR) is 146 cm³/mol. The highest BCUT2D eigenvalue weighted by atomic mass is 35.5. The van der Waals surface area contributed by atoms with E-state index in [2.05, 4.69) is 0 Å². The number of sulfone groups is 2. The Bertz CT molecular complexity index is 1390. The third-order valence-electron chi connectivity index (χ3n) is 4.99. The van der Waals surface area contributed by atoms with Crippen LogP contribution in [0, 0.1) is 0 Å². The number of rotatable bonds is 14. The first kappa shape index (κ1) is 33.0. The van der Waals surface area contributed by atoms with Crippen LogP contribution < -0.4 is 9.47 Å². The largest absolute Gasteiger partial charge is 0.488 e. The van der Waals surface area contributed by atoms with Crippen molar-refractivity contribution < 1.29 is 45.4 Å². The summed E-state index contributed by atoms with van der Waals surface area (Å²) in [5, 5.41) is -0.0727. The summed E-state index contributed by atoms with van der Waals surface area (Å²) in [4.78, 5) is 22.2. The Balaban J connectivity index is 2.18. The van der Waals surface area contributed by atoms with Crippen LogP contribution in [0.5, 0.6) is 11.5 Å². The number of ether oxygens (including phenoxy) is 4. The molecule has 0 aliphatic carbocycles. The van der Waals surface area contributed by atoms with Crippen LogP contribution in [0.3, 0.4) is 0 Å². The van der Waals surface area contributed by atoms with Gasteiger partial charge in [0.25, 0.3) is 0 Å². The first-order valence-electron chi connectivity index (χ1n) is 11.4. The molecule has 2 aromatic rings. The van der Waals surface area contributed by atoms with Crippen LogP contribution in [-0.4, -0.2) is 71.6 Å². The molecule has 216 valence electrons. The van der Waals surface area contributed by atoms with Gasteiger partial charge in [0.05, 0.1) is 31.5 Å². The number of halogens is 3. The quantitative estimate of drug-likeness (QED) is 0.218. The topological polar surface area (TPSA) is 139 Å². The van der Waals surface area contributed by atoms with Gasteiger partial charge in [-0.2, -0.15) is 0 Å². The zero-order chi connectivity index (χ0) is 29.4. The zero-order valence-corrected chi connectivity index (χ0v) is 25.1. The van der Waals surface area contributed by atoms with Gasteiger partial charge >= 0.3 is 11.9 Å². The maximum Gasteiger partial charge on any atom is 0.303 e. The Hall–Kier alpha value is -2.25. The molecule has 2 atom stereocenters. The van der Waals surface area contributed by atoms with E-state index in [-0.39, 0.29) is 56.2 Å². The summed E-state index contributed by atoms with van der Waals surface area (Å²) in [6.07, 6.45) is -1.80. The van der Waals surface area contributed by atoms with Gasteiger partial charge in [-0.1, -0.05) is 30.1 Å². The van der Waals surface area contributed by atoms with Gasteiger partial charge in [0.15, 0.2) is 9.84 Å². The van der Waals surface area contributed by atoms with Gasteiger partial charge in [0.2, 0.25) is 9.84 Å². The first-order valence-corrected chi connectivity index (χ1v) is 16.0. The fourth-order valence-electron chi connectivity index (χ4n) is 3.13. The van der Waals surface area contributed by atoms with Gasteiger partial charge in [-0.25, -0.2) is 16.8 Å². The maximum atomic E-state index is 13.2. The Morgan fingerprint density at radius 3 is 1.62 bits per heavy atom. The number of carbonyl (C=O) groups is 2. The van der Waals surface area contributed by atoms with Gasteiger partial charge in [-0.05, 0) is 36.4 Å². The van der Waals surface area contributed by atoms with Gasteiger partial charge in [0.1, 0.15) is 36.9 Å². The second-order valence-electron chi connectivity index (χ2n) is 8.13. The van der Waals surface area contributed by atoms with Crippen LogP contribution in [0.15, 0.2) is 46.2 Å². The van der Waals surface area contributed by atoms with E-state index < -0.39 is 49.6 Å². The zero-order valence-electron chi connectivity index (χ0n) is 21.2. The average molecular weight is 646 g/mol. The third-order valence-corrected chi connectivity index (χ3v) is 9.44. The minimum Gasteiger partial charge on any atom is -0.488 e. The Labute approximate surface area is 242 Å². The molecular formula is C24H27Cl3O10S2. The molecule has 0 heterocycles. The van der Waals surface area contributed by atoms with Gasteiger partial charge in [-0.3, -0.25) is 9.59 Å². The summed E-state index contributed by atoms with van der Waals surface area (Å²) in [7, 11) is -7.53. The highest BCUT2D eigenvalue weighted by molar-refractivity contribution is 7.91. The second kappa shape index (κ2) is 14.4.